The summed E-state index contributed by atoms with van der Waals surface area (Å²) in [4.78, 5) is 4.46. The van der Waals surface area contributed by atoms with Crippen LogP contribution in [0.15, 0.2) is 28.8 Å². The first-order valence-corrected chi connectivity index (χ1v) is 6.96. The number of para-hydroxylation sites is 1. The number of hydrogen-bond acceptors (Lipinski definition) is 5. The van der Waals surface area contributed by atoms with Crippen molar-refractivity contribution in [1.82, 2.24) is 10.1 Å². The summed E-state index contributed by atoms with van der Waals surface area (Å²) in [6.45, 7) is 4.80. The highest BCUT2D eigenvalue weighted by Gasteiger charge is 2.30. The van der Waals surface area contributed by atoms with Crippen molar-refractivity contribution >= 4 is 0 Å². The van der Waals surface area contributed by atoms with Crippen LogP contribution >= 0.6 is 0 Å². The molecule has 2 aromatic rings. The quantitative estimate of drug-likeness (QED) is 0.927. The van der Waals surface area contributed by atoms with Crippen molar-refractivity contribution < 1.29 is 9.26 Å². The molecule has 0 fully saturated rings. The van der Waals surface area contributed by atoms with Gasteiger partial charge < -0.3 is 15.0 Å². The van der Waals surface area contributed by atoms with Crippen LogP contribution in [0.1, 0.15) is 49.5 Å². The summed E-state index contributed by atoms with van der Waals surface area (Å²) in [6.07, 6.45) is 0.833. The predicted molar refractivity (Wildman–Crippen MR) is 74.5 cm³/mol. The van der Waals surface area contributed by atoms with Crippen LogP contribution in [0.25, 0.3) is 0 Å². The Bertz CT molecular complexity index is 594. The molecule has 2 atom stereocenters. The lowest BCUT2D eigenvalue weighted by Crippen LogP contribution is -2.13. The van der Waals surface area contributed by atoms with Crippen LogP contribution in [0, 0.1) is 5.92 Å². The van der Waals surface area contributed by atoms with Crippen LogP contribution in [0.4, 0.5) is 0 Å². The van der Waals surface area contributed by atoms with Crippen molar-refractivity contribution in [1.29, 1.82) is 0 Å². The van der Waals surface area contributed by atoms with E-state index in [0.29, 0.717) is 24.2 Å². The molecule has 5 nitrogen and oxygen atoms in total. The molecule has 0 spiro atoms. The number of rotatable bonds is 4. The molecule has 1 aromatic heterocycles. The van der Waals surface area contributed by atoms with Crippen molar-refractivity contribution in [3.63, 3.8) is 0 Å². The van der Waals surface area contributed by atoms with Gasteiger partial charge in [0.05, 0.1) is 12.0 Å². The molecular formula is C15H19N3O2. The third kappa shape index (κ3) is 2.41. The lowest BCUT2D eigenvalue weighted by Gasteiger charge is -2.08. The minimum absolute atomic E-state index is 0.0370. The molecule has 0 radical (unpaired) electrons. The fraction of sp³-hybridized carbons (Fsp3) is 0.467. The summed E-state index contributed by atoms with van der Waals surface area (Å²) in [5.41, 5.74) is 7.18. The number of fused-ring (bicyclic) bond motifs is 1. The normalized spacial score (nSPS) is 18.9. The van der Waals surface area contributed by atoms with E-state index in [4.69, 9.17) is 15.0 Å². The molecule has 20 heavy (non-hydrogen) atoms. The highest BCUT2D eigenvalue weighted by Crippen LogP contribution is 2.36. The van der Waals surface area contributed by atoms with Crippen LogP contribution < -0.4 is 10.5 Å². The van der Waals surface area contributed by atoms with Crippen molar-refractivity contribution in [2.75, 3.05) is 6.61 Å². The molecule has 2 heterocycles. The van der Waals surface area contributed by atoms with Gasteiger partial charge in [0, 0.05) is 5.56 Å². The van der Waals surface area contributed by atoms with E-state index in [9.17, 15) is 0 Å². The molecule has 1 aromatic carbocycles. The van der Waals surface area contributed by atoms with Gasteiger partial charge in [-0.2, -0.15) is 4.98 Å². The van der Waals surface area contributed by atoms with E-state index in [1.165, 1.54) is 0 Å². The zero-order valence-corrected chi connectivity index (χ0v) is 11.7. The maximum absolute atomic E-state index is 6.08. The third-order valence-corrected chi connectivity index (χ3v) is 3.51. The zero-order valence-electron chi connectivity index (χ0n) is 11.7. The standard InChI is InChI=1S/C15H19N3O2/c1-9(2)7-12(16)15-17-14(18-20-15)11-8-19-13-6-4-3-5-10(11)13/h3-6,9,11-12H,7-8,16H2,1-2H3/t11?,12-/m1/s1. The largest absolute Gasteiger partial charge is 0.492 e. The molecule has 5 heteroatoms. The zero-order chi connectivity index (χ0) is 14.1. The lowest BCUT2D eigenvalue weighted by atomic mass is 10.0. The maximum atomic E-state index is 6.08. The van der Waals surface area contributed by atoms with Crippen LogP contribution in [0.2, 0.25) is 0 Å². The highest BCUT2D eigenvalue weighted by molar-refractivity contribution is 5.42. The number of hydrogen-bond donors (Lipinski definition) is 1. The summed E-state index contributed by atoms with van der Waals surface area (Å²) < 4.78 is 11.0. The first-order chi connectivity index (χ1) is 9.65. The SMILES string of the molecule is CC(C)C[C@@H](N)c1nc(C2COc3ccccc32)no1. The first-order valence-electron chi connectivity index (χ1n) is 6.96. The van der Waals surface area contributed by atoms with Crippen molar-refractivity contribution in [3.8, 4) is 5.75 Å². The van der Waals surface area contributed by atoms with Gasteiger partial charge in [0.2, 0.25) is 5.89 Å². The molecule has 1 unspecified atom stereocenters. The second kappa shape index (κ2) is 5.25. The van der Waals surface area contributed by atoms with Gasteiger partial charge in [-0.3, -0.25) is 0 Å². The smallest absolute Gasteiger partial charge is 0.243 e. The van der Waals surface area contributed by atoms with Crippen LogP contribution in [-0.4, -0.2) is 16.7 Å². The van der Waals surface area contributed by atoms with Crippen molar-refractivity contribution in [2.24, 2.45) is 11.7 Å². The summed E-state index contributed by atoms with van der Waals surface area (Å²) in [6, 6.07) is 7.75. The molecule has 0 aliphatic carbocycles. The third-order valence-electron chi connectivity index (χ3n) is 3.51. The van der Waals surface area contributed by atoms with Gasteiger partial charge in [0.1, 0.15) is 12.4 Å². The Morgan fingerprint density at radius 3 is 2.95 bits per heavy atom. The van der Waals surface area contributed by atoms with Gasteiger partial charge in [0.15, 0.2) is 5.82 Å². The number of ether oxygens (including phenoxy) is 1. The molecule has 2 N–H and O–H groups in total. The Labute approximate surface area is 118 Å². The van der Waals surface area contributed by atoms with E-state index < -0.39 is 0 Å². The molecular weight excluding hydrogens is 254 g/mol. The second-order valence-electron chi connectivity index (χ2n) is 5.63. The summed E-state index contributed by atoms with van der Waals surface area (Å²) >= 11 is 0. The van der Waals surface area contributed by atoms with E-state index in [1.54, 1.807) is 0 Å². The highest BCUT2D eigenvalue weighted by atomic mass is 16.5. The van der Waals surface area contributed by atoms with E-state index in [1.807, 2.05) is 24.3 Å². The van der Waals surface area contributed by atoms with Crippen LogP contribution in [-0.2, 0) is 0 Å². The average Bonchev–Trinajstić information content (AvgIpc) is 3.04. The monoisotopic (exact) mass is 273 g/mol. The lowest BCUT2D eigenvalue weighted by molar-refractivity contribution is 0.321. The van der Waals surface area contributed by atoms with E-state index in [-0.39, 0.29) is 12.0 Å². The van der Waals surface area contributed by atoms with E-state index in [0.717, 1.165) is 17.7 Å². The summed E-state index contributed by atoms with van der Waals surface area (Å²) in [5, 5.41) is 4.08. The Kier molecular flexibility index (Phi) is 3.44. The minimum Gasteiger partial charge on any atom is -0.492 e. The Morgan fingerprint density at radius 2 is 2.15 bits per heavy atom. The fourth-order valence-electron chi connectivity index (χ4n) is 2.52. The molecule has 0 bridgehead atoms. The van der Waals surface area contributed by atoms with Crippen molar-refractivity contribution in [2.45, 2.75) is 32.2 Å². The van der Waals surface area contributed by atoms with Crippen LogP contribution in [0.5, 0.6) is 5.75 Å². The fourth-order valence-corrected chi connectivity index (χ4v) is 2.52. The maximum Gasteiger partial charge on any atom is 0.243 e. The predicted octanol–water partition coefficient (Wildman–Crippen LogP) is 2.64. The topological polar surface area (TPSA) is 74.2 Å². The molecule has 0 saturated carbocycles. The minimum atomic E-state index is -0.200. The number of benzene rings is 1. The molecule has 1 aliphatic rings. The van der Waals surface area contributed by atoms with E-state index >= 15 is 0 Å². The van der Waals surface area contributed by atoms with Gasteiger partial charge in [0.25, 0.3) is 0 Å². The van der Waals surface area contributed by atoms with E-state index in [2.05, 4.69) is 24.0 Å². The number of nitrogens with two attached hydrogens (primary N) is 1. The number of aromatic nitrogens is 2. The van der Waals surface area contributed by atoms with Crippen molar-refractivity contribution in [3.05, 3.63) is 41.5 Å². The molecule has 0 amide bonds. The molecule has 3 rings (SSSR count). The molecule has 0 saturated heterocycles. The van der Waals surface area contributed by atoms with Gasteiger partial charge in [-0.1, -0.05) is 37.2 Å². The van der Waals surface area contributed by atoms with Gasteiger partial charge >= 0.3 is 0 Å². The molecule has 1 aliphatic heterocycles. The molecule has 106 valence electrons. The van der Waals surface area contributed by atoms with Crippen LogP contribution in [0.3, 0.4) is 0 Å². The average molecular weight is 273 g/mol. The summed E-state index contributed by atoms with van der Waals surface area (Å²) in [5.74, 6) is 2.60. The Hall–Kier alpha value is -1.88. The Morgan fingerprint density at radius 1 is 1.35 bits per heavy atom. The number of nitrogens with zero attached hydrogens (tertiary/aromatic N) is 2. The van der Waals surface area contributed by atoms with Gasteiger partial charge in [-0.15, -0.1) is 0 Å². The Balaban J connectivity index is 1.81. The van der Waals surface area contributed by atoms with Gasteiger partial charge in [-0.05, 0) is 18.4 Å². The first kappa shape index (κ1) is 13.1. The second-order valence-corrected chi connectivity index (χ2v) is 5.63. The van der Waals surface area contributed by atoms with Gasteiger partial charge in [-0.25, -0.2) is 0 Å². The summed E-state index contributed by atoms with van der Waals surface area (Å²) in [7, 11) is 0.